The van der Waals surface area contributed by atoms with Crippen molar-refractivity contribution in [3.05, 3.63) is 90.5 Å². The van der Waals surface area contributed by atoms with Crippen molar-refractivity contribution in [3.8, 4) is 28.5 Å². The lowest BCUT2D eigenvalue weighted by atomic mass is 9.97. The Kier molecular flexibility index (Phi) is 2.64. The largest absolute Gasteiger partial charge is 0.455 e. The van der Waals surface area contributed by atoms with Crippen LogP contribution >= 0.6 is 0 Å². The van der Waals surface area contributed by atoms with Gasteiger partial charge in [-0.3, -0.25) is 4.98 Å². The Morgan fingerprint density at radius 1 is 0.889 bits per heavy atom. The molecule has 0 N–H and O–H groups in total. The molecule has 3 nitrogen and oxygen atoms in total. The number of nitriles is 1. The summed E-state index contributed by atoms with van der Waals surface area (Å²) in [4.78, 5) is 4.10. The van der Waals surface area contributed by atoms with Crippen LogP contribution in [0.15, 0.2) is 89.4 Å². The SMILES string of the molecule is [2H]c1nc(-c2cccc3c2oc2c(-c4ccccc4)c(C#N)ccc23)c([2H])c([2H])c1[2H]. The zero-order valence-electron chi connectivity index (χ0n) is 18.1. The van der Waals surface area contributed by atoms with E-state index in [9.17, 15) is 5.26 Å². The first-order chi connectivity index (χ1) is 15.0. The monoisotopic (exact) mass is 350 g/mol. The fourth-order valence-corrected chi connectivity index (χ4v) is 3.39. The van der Waals surface area contributed by atoms with Gasteiger partial charge in [-0.05, 0) is 35.8 Å². The molecule has 5 rings (SSSR count). The molecular formula is C24H14N2O. The van der Waals surface area contributed by atoms with Gasteiger partial charge >= 0.3 is 0 Å². The van der Waals surface area contributed by atoms with Crippen LogP contribution in [0.2, 0.25) is 0 Å². The Balaban J connectivity index is 1.89. The highest BCUT2D eigenvalue weighted by atomic mass is 16.3. The predicted molar refractivity (Wildman–Crippen MR) is 107 cm³/mol. The van der Waals surface area contributed by atoms with Crippen LogP contribution in [0, 0.1) is 11.3 Å². The average molecular weight is 350 g/mol. The molecule has 3 aromatic carbocycles. The first-order valence-corrected chi connectivity index (χ1v) is 8.39. The van der Waals surface area contributed by atoms with Crippen LogP contribution in [0.25, 0.3) is 44.3 Å². The van der Waals surface area contributed by atoms with E-state index in [1.165, 1.54) is 0 Å². The summed E-state index contributed by atoms with van der Waals surface area (Å²) in [6.45, 7) is 0. The molecule has 0 atom stereocenters. The molecule has 5 aromatic rings. The van der Waals surface area contributed by atoms with E-state index >= 15 is 0 Å². The lowest BCUT2D eigenvalue weighted by molar-refractivity contribution is 0.670. The van der Waals surface area contributed by atoms with Gasteiger partial charge in [0.25, 0.3) is 0 Å². The number of nitrogens with zero attached hydrogens (tertiary/aromatic N) is 2. The molecule has 0 aliphatic heterocycles. The van der Waals surface area contributed by atoms with E-state index in [4.69, 9.17) is 9.90 Å². The number of rotatable bonds is 2. The van der Waals surface area contributed by atoms with Crippen LogP contribution in [0.5, 0.6) is 0 Å². The number of aromatic nitrogens is 1. The molecular weight excluding hydrogens is 332 g/mol. The molecule has 2 heterocycles. The van der Waals surface area contributed by atoms with Gasteiger partial charge in [0.05, 0.1) is 22.8 Å². The van der Waals surface area contributed by atoms with Crippen molar-refractivity contribution in [1.29, 1.82) is 5.26 Å². The molecule has 27 heavy (non-hydrogen) atoms. The first kappa shape index (κ1) is 11.7. The summed E-state index contributed by atoms with van der Waals surface area (Å²) in [5, 5.41) is 11.3. The molecule has 126 valence electrons. The van der Waals surface area contributed by atoms with E-state index in [-0.39, 0.29) is 30.0 Å². The third-order valence-electron chi connectivity index (χ3n) is 4.57. The molecule has 0 spiro atoms. The number of para-hydroxylation sites is 1. The van der Waals surface area contributed by atoms with Gasteiger partial charge in [0, 0.05) is 28.1 Å². The quantitative estimate of drug-likeness (QED) is 0.381. The van der Waals surface area contributed by atoms with E-state index < -0.39 is 0 Å². The number of pyridine rings is 1. The van der Waals surface area contributed by atoms with Gasteiger partial charge in [0.15, 0.2) is 0 Å². The van der Waals surface area contributed by atoms with Crippen LogP contribution in [-0.2, 0) is 0 Å². The summed E-state index contributed by atoms with van der Waals surface area (Å²) in [5.74, 6) is 0. The molecule has 0 aliphatic carbocycles. The van der Waals surface area contributed by atoms with Gasteiger partial charge < -0.3 is 4.42 Å². The second-order valence-corrected chi connectivity index (χ2v) is 6.07. The number of furan rings is 1. The zero-order valence-corrected chi connectivity index (χ0v) is 14.1. The Morgan fingerprint density at radius 3 is 2.59 bits per heavy atom. The van der Waals surface area contributed by atoms with Crippen LogP contribution < -0.4 is 0 Å². The summed E-state index contributed by atoms with van der Waals surface area (Å²) in [6, 6.07) is 19.8. The van der Waals surface area contributed by atoms with Crippen molar-refractivity contribution in [2.24, 2.45) is 0 Å². The molecule has 0 aliphatic rings. The van der Waals surface area contributed by atoms with Gasteiger partial charge in [-0.15, -0.1) is 0 Å². The second kappa shape index (κ2) is 6.12. The predicted octanol–water partition coefficient (Wildman–Crippen LogP) is 6.19. The maximum absolute atomic E-state index is 9.68. The van der Waals surface area contributed by atoms with Crippen molar-refractivity contribution < 1.29 is 9.90 Å². The molecule has 0 saturated carbocycles. The minimum atomic E-state index is -0.379. The van der Waals surface area contributed by atoms with Crippen molar-refractivity contribution in [2.45, 2.75) is 0 Å². The molecule has 0 unspecified atom stereocenters. The van der Waals surface area contributed by atoms with E-state index in [2.05, 4.69) is 11.1 Å². The molecule has 3 heteroatoms. The summed E-state index contributed by atoms with van der Waals surface area (Å²) < 4.78 is 38.2. The van der Waals surface area contributed by atoms with Gasteiger partial charge in [-0.25, -0.2) is 0 Å². The van der Waals surface area contributed by atoms with E-state index in [0.717, 1.165) is 16.3 Å². The van der Waals surface area contributed by atoms with Crippen LogP contribution in [0.4, 0.5) is 0 Å². The maximum Gasteiger partial charge on any atom is 0.144 e. The van der Waals surface area contributed by atoms with E-state index in [1.54, 1.807) is 18.2 Å². The summed E-state index contributed by atoms with van der Waals surface area (Å²) in [7, 11) is 0. The summed E-state index contributed by atoms with van der Waals surface area (Å²) in [6.07, 6.45) is -0.360. The zero-order chi connectivity index (χ0) is 21.7. The highest BCUT2D eigenvalue weighted by Gasteiger charge is 2.18. The van der Waals surface area contributed by atoms with E-state index in [0.29, 0.717) is 27.9 Å². The van der Waals surface area contributed by atoms with Gasteiger partial charge in [0.2, 0.25) is 0 Å². The molecule has 0 radical (unpaired) electrons. The number of benzene rings is 3. The fourth-order valence-electron chi connectivity index (χ4n) is 3.39. The molecule has 0 fully saturated rings. The van der Waals surface area contributed by atoms with Crippen LogP contribution in [0.1, 0.15) is 11.0 Å². The second-order valence-electron chi connectivity index (χ2n) is 6.07. The minimum Gasteiger partial charge on any atom is -0.455 e. The topological polar surface area (TPSA) is 49.8 Å². The Labute approximate surface area is 161 Å². The van der Waals surface area contributed by atoms with Crippen LogP contribution in [0.3, 0.4) is 0 Å². The molecule has 0 amide bonds. The van der Waals surface area contributed by atoms with Gasteiger partial charge in [-0.2, -0.15) is 5.26 Å². The molecule has 0 bridgehead atoms. The summed E-state index contributed by atoms with van der Waals surface area (Å²) >= 11 is 0. The normalized spacial score (nSPS) is 13.0. The van der Waals surface area contributed by atoms with E-state index in [1.807, 2.05) is 42.5 Å². The Bertz CT molecular complexity index is 1540. The Morgan fingerprint density at radius 2 is 1.74 bits per heavy atom. The highest BCUT2D eigenvalue weighted by Crippen LogP contribution is 2.40. The van der Waals surface area contributed by atoms with Crippen LogP contribution in [-0.4, -0.2) is 4.98 Å². The van der Waals surface area contributed by atoms with Crippen molar-refractivity contribution in [1.82, 2.24) is 4.98 Å². The first-order valence-electron chi connectivity index (χ1n) is 10.4. The fraction of sp³-hybridized carbons (Fsp3) is 0. The van der Waals surface area contributed by atoms with Gasteiger partial charge in [0.1, 0.15) is 11.2 Å². The number of hydrogen-bond donors (Lipinski definition) is 0. The molecule has 0 saturated heterocycles. The number of fused-ring (bicyclic) bond motifs is 3. The standard InChI is InChI=1S/C24H14N2O/c25-15-17-12-13-19-18-9-6-10-20(21-11-4-5-14-26-21)23(18)27-24(19)22(17)16-7-2-1-3-8-16/h1-14H/i4D,5D,11D,14D. The Hall–Kier alpha value is -3.90. The maximum atomic E-state index is 9.68. The lowest BCUT2D eigenvalue weighted by Crippen LogP contribution is -1.85. The minimum absolute atomic E-state index is 0.123. The van der Waals surface area contributed by atoms with Crippen molar-refractivity contribution >= 4 is 21.9 Å². The highest BCUT2D eigenvalue weighted by molar-refractivity contribution is 6.13. The third-order valence-corrected chi connectivity index (χ3v) is 4.57. The third kappa shape index (κ3) is 2.39. The van der Waals surface area contributed by atoms with Crippen molar-refractivity contribution in [3.63, 3.8) is 0 Å². The van der Waals surface area contributed by atoms with Gasteiger partial charge in [-0.1, -0.05) is 48.5 Å². The summed E-state index contributed by atoms with van der Waals surface area (Å²) in [5.41, 5.74) is 3.63. The molecule has 2 aromatic heterocycles. The number of hydrogen-bond acceptors (Lipinski definition) is 3. The smallest absolute Gasteiger partial charge is 0.144 e. The average Bonchev–Trinajstić information content (AvgIpc) is 3.19. The lowest BCUT2D eigenvalue weighted by Gasteiger charge is -2.05. The van der Waals surface area contributed by atoms with Crippen molar-refractivity contribution in [2.75, 3.05) is 0 Å².